The fourth-order valence-corrected chi connectivity index (χ4v) is 2.42. The van der Waals surface area contributed by atoms with Crippen molar-refractivity contribution in [2.45, 2.75) is 20.4 Å². The molecule has 0 fully saturated rings. The van der Waals surface area contributed by atoms with Gasteiger partial charge < -0.3 is 15.4 Å². The number of amides is 2. The van der Waals surface area contributed by atoms with Gasteiger partial charge >= 0.3 is 0 Å². The van der Waals surface area contributed by atoms with E-state index in [9.17, 15) is 9.59 Å². The van der Waals surface area contributed by atoms with Crippen LogP contribution in [0.4, 0.5) is 5.69 Å². The van der Waals surface area contributed by atoms with Crippen LogP contribution in [-0.4, -0.2) is 18.9 Å². The predicted octanol–water partition coefficient (Wildman–Crippen LogP) is 4.27. The molecular weight excluding hydrogens is 364 g/mol. The van der Waals surface area contributed by atoms with Gasteiger partial charge in [0, 0.05) is 34.8 Å². The minimum atomic E-state index is -0.228. The number of ether oxygens (including phenoxy) is 1. The molecule has 0 atom stereocenters. The molecule has 0 unspecified atom stereocenters. The number of rotatable bonds is 7. The Bertz CT molecular complexity index is 830. The minimum Gasteiger partial charge on any atom is -0.496 e. The second-order valence-electron chi connectivity index (χ2n) is 6.28. The zero-order valence-corrected chi connectivity index (χ0v) is 16.3. The number of anilines is 1. The molecule has 0 spiro atoms. The maximum absolute atomic E-state index is 12.0. The van der Waals surface area contributed by atoms with Gasteiger partial charge in [0.05, 0.1) is 7.11 Å². The molecule has 0 heterocycles. The minimum absolute atomic E-state index is 0.0300. The van der Waals surface area contributed by atoms with Crippen molar-refractivity contribution in [3.8, 4) is 5.75 Å². The lowest BCUT2D eigenvalue weighted by molar-refractivity contribution is -0.119. The van der Waals surface area contributed by atoms with E-state index in [-0.39, 0.29) is 17.7 Å². The number of halogens is 1. The van der Waals surface area contributed by atoms with Crippen molar-refractivity contribution in [1.29, 1.82) is 0 Å². The van der Waals surface area contributed by atoms with Crippen LogP contribution >= 0.6 is 11.6 Å². The van der Waals surface area contributed by atoms with Crippen LogP contribution in [0.1, 0.15) is 25.0 Å². The third-order valence-electron chi connectivity index (χ3n) is 3.82. The summed E-state index contributed by atoms with van der Waals surface area (Å²) in [5, 5.41) is 6.21. The summed E-state index contributed by atoms with van der Waals surface area (Å²) in [6.07, 6.45) is 3.09. The van der Waals surface area contributed by atoms with E-state index >= 15 is 0 Å². The third kappa shape index (κ3) is 6.46. The van der Waals surface area contributed by atoms with Crippen molar-refractivity contribution in [3.63, 3.8) is 0 Å². The molecule has 2 aromatic rings. The third-order valence-corrected chi connectivity index (χ3v) is 4.05. The number of methoxy groups -OCH3 is 1. The second-order valence-corrected chi connectivity index (χ2v) is 6.71. The average Bonchev–Trinajstić information content (AvgIpc) is 2.65. The summed E-state index contributed by atoms with van der Waals surface area (Å²) in [6, 6.07) is 12.6. The fourth-order valence-electron chi connectivity index (χ4n) is 2.24. The summed E-state index contributed by atoms with van der Waals surface area (Å²) in [5.41, 5.74) is 2.39. The normalized spacial score (nSPS) is 10.9. The van der Waals surface area contributed by atoms with Crippen LogP contribution in [0.2, 0.25) is 5.02 Å². The quantitative estimate of drug-likeness (QED) is 0.698. The van der Waals surface area contributed by atoms with Gasteiger partial charge in [0.2, 0.25) is 11.8 Å². The highest BCUT2D eigenvalue weighted by atomic mass is 35.5. The Morgan fingerprint density at radius 3 is 2.48 bits per heavy atom. The summed E-state index contributed by atoms with van der Waals surface area (Å²) in [4.78, 5) is 23.7. The van der Waals surface area contributed by atoms with Crippen LogP contribution in [-0.2, 0) is 16.1 Å². The summed E-state index contributed by atoms with van der Waals surface area (Å²) in [6.45, 7) is 4.06. The van der Waals surface area contributed by atoms with E-state index in [1.807, 2.05) is 38.1 Å². The summed E-state index contributed by atoms with van der Waals surface area (Å²) < 4.78 is 5.24. The fraction of sp³-hybridized carbons (Fsp3) is 0.238. The predicted molar refractivity (Wildman–Crippen MR) is 109 cm³/mol. The summed E-state index contributed by atoms with van der Waals surface area (Å²) >= 11 is 5.98. The lowest BCUT2D eigenvalue weighted by Gasteiger charge is -2.09. The van der Waals surface area contributed by atoms with Crippen molar-refractivity contribution in [1.82, 2.24) is 5.32 Å². The molecular formula is C21H23ClN2O3. The Labute approximate surface area is 164 Å². The molecule has 2 N–H and O–H groups in total. The van der Waals surface area contributed by atoms with Crippen molar-refractivity contribution < 1.29 is 14.3 Å². The largest absolute Gasteiger partial charge is 0.496 e. The number of hydrogen-bond donors (Lipinski definition) is 2. The van der Waals surface area contributed by atoms with Gasteiger partial charge in [-0.1, -0.05) is 37.6 Å². The van der Waals surface area contributed by atoms with E-state index in [0.29, 0.717) is 17.3 Å². The zero-order valence-electron chi connectivity index (χ0n) is 15.6. The van der Waals surface area contributed by atoms with Gasteiger partial charge in [0.25, 0.3) is 0 Å². The van der Waals surface area contributed by atoms with E-state index in [2.05, 4.69) is 10.6 Å². The van der Waals surface area contributed by atoms with Crippen molar-refractivity contribution in [2.75, 3.05) is 12.4 Å². The highest BCUT2D eigenvalue weighted by Crippen LogP contribution is 2.23. The first-order valence-corrected chi connectivity index (χ1v) is 8.96. The SMILES string of the molecule is COc1ccc(Cl)cc1/C=C/C(=O)NCc1ccc(NC(=O)C(C)C)cc1. The van der Waals surface area contributed by atoms with Crippen LogP contribution in [0.15, 0.2) is 48.5 Å². The lowest BCUT2D eigenvalue weighted by atomic mass is 10.1. The van der Waals surface area contributed by atoms with Gasteiger partial charge in [-0.05, 0) is 42.0 Å². The van der Waals surface area contributed by atoms with E-state index in [0.717, 1.165) is 16.8 Å². The Balaban J connectivity index is 1.90. The first-order chi connectivity index (χ1) is 12.9. The monoisotopic (exact) mass is 386 g/mol. The molecule has 0 bridgehead atoms. The molecule has 0 aliphatic carbocycles. The maximum Gasteiger partial charge on any atom is 0.244 e. The van der Waals surface area contributed by atoms with Gasteiger partial charge in [-0.25, -0.2) is 0 Å². The number of carbonyl (C=O) groups excluding carboxylic acids is 2. The van der Waals surface area contributed by atoms with Gasteiger partial charge in [0.15, 0.2) is 0 Å². The molecule has 0 radical (unpaired) electrons. The molecule has 6 heteroatoms. The standard InChI is InChI=1S/C21H23ClN2O3/c1-14(2)21(26)24-18-8-4-15(5-9-18)13-23-20(25)11-6-16-12-17(22)7-10-19(16)27-3/h4-12,14H,13H2,1-3H3,(H,23,25)(H,24,26)/b11-6+. The maximum atomic E-state index is 12.0. The Hall–Kier alpha value is -2.79. The van der Waals surface area contributed by atoms with Gasteiger partial charge in [-0.2, -0.15) is 0 Å². The Morgan fingerprint density at radius 2 is 1.85 bits per heavy atom. The second kappa shape index (κ2) is 9.78. The molecule has 0 aromatic heterocycles. The van der Waals surface area contributed by atoms with Crippen LogP contribution in [0.5, 0.6) is 5.75 Å². The summed E-state index contributed by atoms with van der Waals surface area (Å²) in [5.74, 6) is 0.309. The lowest BCUT2D eigenvalue weighted by Crippen LogP contribution is -2.20. The highest BCUT2D eigenvalue weighted by molar-refractivity contribution is 6.30. The number of nitrogens with one attached hydrogen (secondary N) is 2. The molecule has 0 aliphatic rings. The van der Waals surface area contributed by atoms with Gasteiger partial charge in [-0.3, -0.25) is 9.59 Å². The molecule has 0 aliphatic heterocycles. The van der Waals surface area contributed by atoms with Gasteiger partial charge in [0.1, 0.15) is 5.75 Å². The molecule has 2 amide bonds. The van der Waals surface area contributed by atoms with E-state index < -0.39 is 0 Å². The number of carbonyl (C=O) groups is 2. The zero-order chi connectivity index (χ0) is 19.8. The molecule has 0 saturated heterocycles. The van der Waals surface area contributed by atoms with E-state index in [1.165, 1.54) is 6.08 Å². The molecule has 2 aromatic carbocycles. The van der Waals surface area contributed by atoms with E-state index in [4.69, 9.17) is 16.3 Å². The Kier molecular flexibility index (Phi) is 7.44. The van der Waals surface area contributed by atoms with Crippen molar-refractivity contribution >= 4 is 35.2 Å². The van der Waals surface area contributed by atoms with Crippen LogP contribution in [0.3, 0.4) is 0 Å². The smallest absolute Gasteiger partial charge is 0.244 e. The van der Waals surface area contributed by atoms with Crippen LogP contribution < -0.4 is 15.4 Å². The molecule has 27 heavy (non-hydrogen) atoms. The molecule has 142 valence electrons. The van der Waals surface area contributed by atoms with E-state index in [1.54, 1.807) is 31.4 Å². The first kappa shape index (κ1) is 20.5. The number of benzene rings is 2. The van der Waals surface area contributed by atoms with Gasteiger partial charge in [-0.15, -0.1) is 0 Å². The number of hydrogen-bond acceptors (Lipinski definition) is 3. The highest BCUT2D eigenvalue weighted by Gasteiger charge is 2.07. The molecule has 2 rings (SSSR count). The molecule has 0 saturated carbocycles. The van der Waals surface area contributed by atoms with Crippen LogP contribution in [0.25, 0.3) is 6.08 Å². The van der Waals surface area contributed by atoms with Crippen LogP contribution in [0, 0.1) is 5.92 Å². The Morgan fingerprint density at radius 1 is 1.15 bits per heavy atom. The molecule has 5 nitrogen and oxygen atoms in total. The average molecular weight is 387 g/mol. The summed E-state index contributed by atoms with van der Waals surface area (Å²) in [7, 11) is 1.56. The first-order valence-electron chi connectivity index (χ1n) is 8.58. The topological polar surface area (TPSA) is 67.4 Å². The van der Waals surface area contributed by atoms with Crippen molar-refractivity contribution in [2.24, 2.45) is 5.92 Å². The van der Waals surface area contributed by atoms with Crippen molar-refractivity contribution in [3.05, 3.63) is 64.7 Å².